The minimum Gasteiger partial charge on any atom is -0.397 e. The van der Waals surface area contributed by atoms with Crippen LogP contribution in [0, 0.1) is 0 Å². The van der Waals surface area contributed by atoms with Crippen molar-refractivity contribution in [2.75, 3.05) is 50.3 Å². The number of anilines is 2. The van der Waals surface area contributed by atoms with Crippen LogP contribution in [0.3, 0.4) is 0 Å². The lowest BCUT2D eigenvalue weighted by atomic mass is 10.2. The van der Waals surface area contributed by atoms with Crippen molar-refractivity contribution < 1.29 is 13.3 Å². The SMILES string of the molecule is CC[NH+](CC)CCCNc1ccc(S(=O)(=O)N2CCCCC2)cc1N. The zero-order valence-corrected chi connectivity index (χ0v) is 16.4. The largest absolute Gasteiger partial charge is 0.397 e. The van der Waals surface area contributed by atoms with Crippen molar-refractivity contribution in [3.8, 4) is 0 Å². The number of nitrogens with one attached hydrogen (secondary N) is 2. The molecule has 1 aliphatic heterocycles. The van der Waals surface area contributed by atoms with Crippen LogP contribution in [0.25, 0.3) is 0 Å². The second-order valence-corrected chi connectivity index (χ2v) is 8.64. The van der Waals surface area contributed by atoms with Gasteiger partial charge in [-0.2, -0.15) is 4.31 Å². The Labute approximate surface area is 152 Å². The van der Waals surface area contributed by atoms with Gasteiger partial charge in [-0.05, 0) is 44.9 Å². The maximum atomic E-state index is 12.7. The lowest BCUT2D eigenvalue weighted by molar-refractivity contribution is -0.896. The van der Waals surface area contributed by atoms with E-state index in [2.05, 4.69) is 19.2 Å². The second kappa shape index (κ2) is 9.40. The van der Waals surface area contributed by atoms with Crippen LogP contribution < -0.4 is 16.0 Å². The molecule has 0 saturated carbocycles. The van der Waals surface area contributed by atoms with Gasteiger partial charge in [0.25, 0.3) is 0 Å². The Morgan fingerprint density at radius 2 is 1.84 bits per heavy atom. The summed E-state index contributed by atoms with van der Waals surface area (Å²) in [7, 11) is -3.42. The van der Waals surface area contributed by atoms with Gasteiger partial charge in [-0.15, -0.1) is 0 Å². The summed E-state index contributed by atoms with van der Waals surface area (Å²) in [6, 6.07) is 5.04. The van der Waals surface area contributed by atoms with Crippen LogP contribution >= 0.6 is 0 Å². The number of nitrogen functional groups attached to an aromatic ring is 1. The fourth-order valence-electron chi connectivity index (χ4n) is 3.28. The van der Waals surface area contributed by atoms with Crippen LogP contribution in [0.2, 0.25) is 0 Å². The quantitative estimate of drug-likeness (QED) is 0.451. The van der Waals surface area contributed by atoms with Crippen LogP contribution in [-0.4, -0.2) is 52.0 Å². The zero-order chi connectivity index (χ0) is 18.3. The van der Waals surface area contributed by atoms with Gasteiger partial charge in [0.05, 0.1) is 35.9 Å². The van der Waals surface area contributed by atoms with Gasteiger partial charge in [-0.3, -0.25) is 0 Å². The highest BCUT2D eigenvalue weighted by Crippen LogP contribution is 2.26. The summed E-state index contributed by atoms with van der Waals surface area (Å²) in [4.78, 5) is 1.88. The van der Waals surface area contributed by atoms with E-state index in [-0.39, 0.29) is 0 Å². The number of nitrogens with zero attached hydrogens (tertiary/aromatic N) is 1. The van der Waals surface area contributed by atoms with Crippen molar-refractivity contribution in [1.29, 1.82) is 0 Å². The van der Waals surface area contributed by atoms with Crippen LogP contribution in [-0.2, 0) is 10.0 Å². The maximum Gasteiger partial charge on any atom is 0.243 e. The first kappa shape index (κ1) is 20.0. The smallest absolute Gasteiger partial charge is 0.243 e. The Hall–Kier alpha value is -1.31. The van der Waals surface area contributed by atoms with Gasteiger partial charge < -0.3 is 16.0 Å². The van der Waals surface area contributed by atoms with E-state index in [0.717, 1.165) is 57.5 Å². The molecule has 1 fully saturated rings. The van der Waals surface area contributed by atoms with E-state index < -0.39 is 10.0 Å². The Morgan fingerprint density at radius 3 is 2.44 bits per heavy atom. The van der Waals surface area contributed by atoms with E-state index in [1.807, 2.05) is 0 Å². The van der Waals surface area contributed by atoms with Gasteiger partial charge in [-0.1, -0.05) is 6.42 Å². The van der Waals surface area contributed by atoms with Crippen LogP contribution in [0.4, 0.5) is 11.4 Å². The zero-order valence-electron chi connectivity index (χ0n) is 15.6. The van der Waals surface area contributed by atoms with Crippen molar-refractivity contribution in [1.82, 2.24) is 4.31 Å². The Balaban J connectivity index is 1.95. The molecule has 25 heavy (non-hydrogen) atoms. The molecule has 1 saturated heterocycles. The van der Waals surface area contributed by atoms with Gasteiger partial charge in [0.1, 0.15) is 0 Å². The first-order chi connectivity index (χ1) is 12.0. The Morgan fingerprint density at radius 1 is 1.16 bits per heavy atom. The van der Waals surface area contributed by atoms with Gasteiger partial charge in [0.15, 0.2) is 0 Å². The number of piperidine rings is 1. The van der Waals surface area contributed by atoms with Crippen LogP contribution in [0.15, 0.2) is 23.1 Å². The van der Waals surface area contributed by atoms with Crippen molar-refractivity contribution in [3.05, 3.63) is 18.2 Å². The Kier molecular flexibility index (Phi) is 7.53. The molecular weight excluding hydrogens is 336 g/mol. The average molecular weight is 370 g/mol. The molecule has 2 rings (SSSR count). The molecule has 6 nitrogen and oxygen atoms in total. The molecule has 1 aromatic rings. The second-order valence-electron chi connectivity index (χ2n) is 6.70. The molecule has 1 aliphatic rings. The maximum absolute atomic E-state index is 12.7. The predicted octanol–water partition coefficient (Wildman–Crippen LogP) is 1.17. The molecule has 0 radical (unpaired) electrons. The van der Waals surface area contributed by atoms with Crippen molar-refractivity contribution in [2.24, 2.45) is 0 Å². The third kappa shape index (κ3) is 5.33. The van der Waals surface area contributed by atoms with E-state index >= 15 is 0 Å². The fourth-order valence-corrected chi connectivity index (χ4v) is 4.83. The number of sulfonamides is 1. The molecule has 0 aliphatic carbocycles. The van der Waals surface area contributed by atoms with Crippen molar-refractivity contribution in [2.45, 2.75) is 44.4 Å². The van der Waals surface area contributed by atoms with Gasteiger partial charge >= 0.3 is 0 Å². The third-order valence-corrected chi connectivity index (χ3v) is 6.89. The number of benzene rings is 1. The number of hydrogen-bond acceptors (Lipinski definition) is 4. The molecule has 0 bridgehead atoms. The molecule has 0 unspecified atom stereocenters. The lowest BCUT2D eigenvalue weighted by Gasteiger charge is -2.26. The summed E-state index contributed by atoms with van der Waals surface area (Å²) in [5.41, 5.74) is 7.40. The van der Waals surface area contributed by atoms with Gasteiger partial charge in [-0.25, -0.2) is 8.42 Å². The number of nitrogens with two attached hydrogens (primary N) is 1. The van der Waals surface area contributed by atoms with Crippen molar-refractivity contribution >= 4 is 21.4 Å². The van der Waals surface area contributed by atoms with Crippen LogP contribution in [0.1, 0.15) is 39.5 Å². The highest BCUT2D eigenvalue weighted by Gasteiger charge is 2.26. The molecule has 0 aromatic heterocycles. The summed E-state index contributed by atoms with van der Waals surface area (Å²) in [6.07, 6.45) is 4.03. The number of quaternary nitrogens is 1. The third-order valence-electron chi connectivity index (χ3n) is 5.00. The minimum atomic E-state index is -3.42. The minimum absolute atomic E-state index is 0.296. The summed E-state index contributed by atoms with van der Waals surface area (Å²) in [6.45, 7) is 9.86. The molecule has 0 spiro atoms. The van der Waals surface area contributed by atoms with Crippen LogP contribution in [0.5, 0.6) is 0 Å². The van der Waals surface area contributed by atoms with E-state index in [9.17, 15) is 8.42 Å². The first-order valence-corrected chi connectivity index (χ1v) is 10.9. The average Bonchev–Trinajstić information content (AvgIpc) is 2.63. The standard InChI is InChI=1S/C18H32N4O2S/c1-3-21(4-2)12-8-11-20-18-10-9-16(15-17(18)19)25(23,24)22-13-6-5-7-14-22/h9-10,15,20H,3-8,11-14,19H2,1-2H3/p+1. The van der Waals surface area contributed by atoms with E-state index in [0.29, 0.717) is 23.7 Å². The topological polar surface area (TPSA) is 79.9 Å². The summed E-state index contributed by atoms with van der Waals surface area (Å²) < 4.78 is 27.0. The molecular formula is C18H33N4O2S+. The van der Waals surface area contributed by atoms with Gasteiger partial charge in [0.2, 0.25) is 10.0 Å². The normalized spacial score (nSPS) is 16.3. The van der Waals surface area contributed by atoms with E-state index in [4.69, 9.17) is 5.73 Å². The highest BCUT2D eigenvalue weighted by atomic mass is 32.2. The molecule has 1 aromatic carbocycles. The number of rotatable bonds is 9. The monoisotopic (exact) mass is 369 g/mol. The first-order valence-electron chi connectivity index (χ1n) is 9.46. The summed E-state index contributed by atoms with van der Waals surface area (Å²) >= 11 is 0. The summed E-state index contributed by atoms with van der Waals surface area (Å²) in [5.74, 6) is 0. The van der Waals surface area contributed by atoms with Crippen molar-refractivity contribution in [3.63, 3.8) is 0 Å². The predicted molar refractivity (Wildman–Crippen MR) is 103 cm³/mol. The molecule has 142 valence electrons. The fraction of sp³-hybridized carbons (Fsp3) is 0.667. The molecule has 0 amide bonds. The summed E-state index contributed by atoms with van der Waals surface area (Å²) in [5, 5.41) is 3.33. The van der Waals surface area contributed by atoms with E-state index in [1.165, 1.54) is 0 Å². The highest BCUT2D eigenvalue weighted by molar-refractivity contribution is 7.89. The number of hydrogen-bond donors (Lipinski definition) is 3. The lowest BCUT2D eigenvalue weighted by Crippen LogP contribution is -3.11. The van der Waals surface area contributed by atoms with Gasteiger partial charge in [0, 0.05) is 26.1 Å². The molecule has 7 heteroatoms. The molecule has 1 heterocycles. The molecule has 0 atom stereocenters. The van der Waals surface area contributed by atoms with E-state index in [1.54, 1.807) is 27.4 Å². The molecule has 4 N–H and O–H groups in total. The Bertz CT molecular complexity index is 638.